The zero-order chi connectivity index (χ0) is 15.1. The van der Waals surface area contributed by atoms with Crippen molar-refractivity contribution in [2.24, 2.45) is 0 Å². The lowest BCUT2D eigenvalue weighted by Gasteiger charge is -2.32. The van der Waals surface area contributed by atoms with Crippen LogP contribution in [0.5, 0.6) is 0 Å². The SMILES string of the molecule is CC1(C)OB(c2ccc(C3CNCCN3)cc2)OC1(C)C.Cl.Cl. The number of hydrogen-bond acceptors (Lipinski definition) is 4. The first kappa shape index (κ1) is 20.7. The van der Waals surface area contributed by atoms with Crippen LogP contribution in [0.1, 0.15) is 39.3 Å². The molecule has 2 N–H and O–H groups in total. The summed E-state index contributed by atoms with van der Waals surface area (Å²) in [6.45, 7) is 11.4. The summed E-state index contributed by atoms with van der Waals surface area (Å²) in [6.07, 6.45) is 0. The molecule has 2 aliphatic rings. The minimum Gasteiger partial charge on any atom is -0.399 e. The van der Waals surface area contributed by atoms with Crippen LogP contribution < -0.4 is 16.1 Å². The molecule has 0 aliphatic carbocycles. The molecule has 3 rings (SSSR count). The van der Waals surface area contributed by atoms with Gasteiger partial charge < -0.3 is 19.9 Å². The standard InChI is InChI=1S/C16H25BN2O2.2ClH/c1-15(2)16(3,4)21-17(20-15)13-7-5-12(6-8-13)14-11-18-9-10-19-14;;/h5-8,14,18-19H,9-11H2,1-4H3;2*1H. The Morgan fingerprint density at radius 3 is 2.00 bits per heavy atom. The van der Waals surface area contributed by atoms with Gasteiger partial charge in [-0.15, -0.1) is 24.8 Å². The van der Waals surface area contributed by atoms with E-state index >= 15 is 0 Å². The molecule has 0 spiro atoms. The second-order valence-electron chi connectivity index (χ2n) is 6.97. The molecule has 1 aromatic rings. The molecule has 2 fully saturated rings. The molecule has 0 radical (unpaired) electrons. The van der Waals surface area contributed by atoms with Crippen molar-refractivity contribution in [3.63, 3.8) is 0 Å². The molecule has 1 atom stereocenters. The van der Waals surface area contributed by atoms with Gasteiger partial charge in [0.15, 0.2) is 0 Å². The number of rotatable bonds is 2. The minimum atomic E-state index is -0.287. The highest BCUT2D eigenvalue weighted by molar-refractivity contribution is 6.62. The number of piperazine rings is 1. The second-order valence-corrected chi connectivity index (χ2v) is 6.97. The monoisotopic (exact) mass is 360 g/mol. The molecule has 0 bridgehead atoms. The highest BCUT2D eigenvalue weighted by atomic mass is 35.5. The first-order chi connectivity index (χ1) is 9.89. The van der Waals surface area contributed by atoms with Crippen LogP contribution >= 0.6 is 24.8 Å². The van der Waals surface area contributed by atoms with Gasteiger partial charge in [0.1, 0.15) is 0 Å². The fourth-order valence-corrected chi connectivity index (χ4v) is 2.75. The van der Waals surface area contributed by atoms with Crippen LogP contribution in [-0.2, 0) is 9.31 Å². The molecule has 7 heteroatoms. The Balaban J connectivity index is 0.00000132. The van der Waals surface area contributed by atoms with E-state index in [-0.39, 0.29) is 43.1 Å². The molecular formula is C16H27BCl2N2O2. The van der Waals surface area contributed by atoms with Gasteiger partial charge in [0, 0.05) is 25.7 Å². The number of benzene rings is 1. The van der Waals surface area contributed by atoms with E-state index in [0.29, 0.717) is 6.04 Å². The van der Waals surface area contributed by atoms with Gasteiger partial charge in [-0.3, -0.25) is 0 Å². The van der Waals surface area contributed by atoms with E-state index in [1.807, 2.05) is 0 Å². The van der Waals surface area contributed by atoms with Crippen molar-refractivity contribution in [2.45, 2.75) is 44.9 Å². The van der Waals surface area contributed by atoms with Crippen LogP contribution in [0.15, 0.2) is 24.3 Å². The molecule has 0 aromatic heterocycles. The van der Waals surface area contributed by atoms with E-state index < -0.39 is 0 Å². The summed E-state index contributed by atoms with van der Waals surface area (Å²) in [5.74, 6) is 0. The van der Waals surface area contributed by atoms with Crippen molar-refractivity contribution in [3.8, 4) is 0 Å². The van der Waals surface area contributed by atoms with Gasteiger partial charge in [0.25, 0.3) is 0 Å². The normalized spacial score (nSPS) is 25.4. The summed E-state index contributed by atoms with van der Waals surface area (Å²) >= 11 is 0. The topological polar surface area (TPSA) is 42.5 Å². The van der Waals surface area contributed by atoms with Crippen LogP contribution in [0.3, 0.4) is 0 Å². The molecular weight excluding hydrogens is 334 g/mol. The van der Waals surface area contributed by atoms with Crippen LogP contribution in [0.2, 0.25) is 0 Å². The van der Waals surface area contributed by atoms with E-state index in [2.05, 4.69) is 62.6 Å². The molecule has 0 saturated carbocycles. The highest BCUT2D eigenvalue weighted by Gasteiger charge is 2.51. The Morgan fingerprint density at radius 1 is 0.957 bits per heavy atom. The van der Waals surface area contributed by atoms with Gasteiger partial charge in [-0.1, -0.05) is 24.3 Å². The Labute approximate surface area is 152 Å². The average Bonchev–Trinajstić information content (AvgIpc) is 2.69. The molecule has 130 valence electrons. The molecule has 1 unspecified atom stereocenters. The largest absolute Gasteiger partial charge is 0.494 e. The maximum absolute atomic E-state index is 6.09. The Hall–Kier alpha value is -0.295. The van der Waals surface area contributed by atoms with Crippen LogP contribution in [-0.4, -0.2) is 38.0 Å². The first-order valence-electron chi connectivity index (χ1n) is 7.79. The summed E-state index contributed by atoms with van der Waals surface area (Å²) in [6, 6.07) is 8.98. The first-order valence-corrected chi connectivity index (χ1v) is 7.79. The van der Waals surface area contributed by atoms with Gasteiger partial charge >= 0.3 is 7.12 Å². The highest BCUT2D eigenvalue weighted by Crippen LogP contribution is 2.36. The summed E-state index contributed by atoms with van der Waals surface area (Å²) in [7, 11) is -0.276. The van der Waals surface area contributed by atoms with E-state index in [9.17, 15) is 0 Å². The second kappa shape index (κ2) is 7.73. The van der Waals surface area contributed by atoms with Gasteiger partial charge in [0.05, 0.1) is 11.2 Å². The van der Waals surface area contributed by atoms with Crippen LogP contribution in [0.4, 0.5) is 0 Å². The molecule has 4 nitrogen and oxygen atoms in total. The van der Waals surface area contributed by atoms with Crippen molar-refractivity contribution < 1.29 is 9.31 Å². The van der Waals surface area contributed by atoms with Crippen molar-refractivity contribution in [1.82, 2.24) is 10.6 Å². The van der Waals surface area contributed by atoms with E-state index in [0.717, 1.165) is 25.1 Å². The molecule has 23 heavy (non-hydrogen) atoms. The van der Waals surface area contributed by atoms with Crippen molar-refractivity contribution in [2.75, 3.05) is 19.6 Å². The zero-order valence-corrected chi connectivity index (χ0v) is 15.9. The van der Waals surface area contributed by atoms with Gasteiger partial charge in [0.2, 0.25) is 0 Å². The zero-order valence-electron chi connectivity index (χ0n) is 14.2. The minimum absolute atomic E-state index is 0. The third kappa shape index (κ3) is 4.22. The van der Waals surface area contributed by atoms with E-state index in [4.69, 9.17) is 9.31 Å². The molecule has 2 aliphatic heterocycles. The predicted molar refractivity (Wildman–Crippen MR) is 100 cm³/mol. The Bertz CT molecular complexity index is 489. The Kier molecular flexibility index (Phi) is 6.97. The predicted octanol–water partition coefficient (Wildman–Crippen LogP) is 2.06. The summed E-state index contributed by atoms with van der Waals surface area (Å²) in [5.41, 5.74) is 1.82. The maximum Gasteiger partial charge on any atom is 0.494 e. The van der Waals surface area contributed by atoms with Gasteiger partial charge in [-0.25, -0.2) is 0 Å². The fourth-order valence-electron chi connectivity index (χ4n) is 2.75. The van der Waals surface area contributed by atoms with Crippen molar-refractivity contribution in [1.29, 1.82) is 0 Å². The number of nitrogens with one attached hydrogen (secondary N) is 2. The average molecular weight is 361 g/mol. The molecule has 2 heterocycles. The number of halogens is 2. The summed E-state index contributed by atoms with van der Waals surface area (Å²) < 4.78 is 12.2. The van der Waals surface area contributed by atoms with E-state index in [1.54, 1.807) is 0 Å². The van der Waals surface area contributed by atoms with Crippen molar-refractivity contribution in [3.05, 3.63) is 29.8 Å². The van der Waals surface area contributed by atoms with Crippen LogP contribution in [0, 0.1) is 0 Å². The molecule has 2 saturated heterocycles. The van der Waals surface area contributed by atoms with Crippen LogP contribution in [0.25, 0.3) is 0 Å². The molecule has 0 amide bonds. The van der Waals surface area contributed by atoms with Gasteiger partial charge in [-0.2, -0.15) is 0 Å². The Morgan fingerprint density at radius 2 is 1.52 bits per heavy atom. The summed E-state index contributed by atoms with van der Waals surface area (Å²) in [4.78, 5) is 0. The fraction of sp³-hybridized carbons (Fsp3) is 0.625. The summed E-state index contributed by atoms with van der Waals surface area (Å²) in [5, 5.41) is 6.94. The lowest BCUT2D eigenvalue weighted by atomic mass is 9.78. The lowest BCUT2D eigenvalue weighted by Crippen LogP contribution is -2.42. The van der Waals surface area contributed by atoms with Gasteiger partial charge in [-0.05, 0) is 38.7 Å². The quantitative estimate of drug-likeness (QED) is 0.792. The maximum atomic E-state index is 6.09. The smallest absolute Gasteiger partial charge is 0.399 e. The number of hydrogen-bond donors (Lipinski definition) is 2. The third-order valence-electron chi connectivity index (χ3n) is 4.91. The van der Waals surface area contributed by atoms with Crippen molar-refractivity contribution >= 4 is 37.4 Å². The van der Waals surface area contributed by atoms with E-state index in [1.165, 1.54) is 5.56 Å². The molecule has 1 aromatic carbocycles. The third-order valence-corrected chi connectivity index (χ3v) is 4.91. The lowest BCUT2D eigenvalue weighted by molar-refractivity contribution is 0.00578.